The van der Waals surface area contributed by atoms with E-state index in [1.165, 1.54) is 0 Å². The summed E-state index contributed by atoms with van der Waals surface area (Å²) in [6, 6.07) is 8.21. The van der Waals surface area contributed by atoms with Crippen LogP contribution in [0.2, 0.25) is 0 Å². The standard InChI is InChI=1S/C21H27N5O/c1-13-6-5-7-15-12-16(27-19(13)15)17-18(20(22)23-2)26(4)21(24-17)14-8-10-25(3)11-9-14/h5-7,12,14H,8-11H2,1-4H3,(H2,22,23). The van der Waals surface area contributed by atoms with Crippen LogP contribution < -0.4 is 5.73 Å². The molecule has 3 heterocycles. The van der Waals surface area contributed by atoms with Gasteiger partial charge >= 0.3 is 0 Å². The molecule has 1 fully saturated rings. The van der Waals surface area contributed by atoms with Crippen LogP contribution in [0.1, 0.15) is 35.8 Å². The molecule has 3 aromatic rings. The third kappa shape index (κ3) is 3.04. The predicted octanol–water partition coefficient (Wildman–Crippen LogP) is 3.29. The Morgan fingerprint density at radius 3 is 2.67 bits per heavy atom. The van der Waals surface area contributed by atoms with Gasteiger partial charge in [0.1, 0.15) is 28.6 Å². The minimum Gasteiger partial charge on any atom is -0.454 e. The molecule has 0 radical (unpaired) electrons. The molecule has 27 heavy (non-hydrogen) atoms. The lowest BCUT2D eigenvalue weighted by atomic mass is 9.96. The summed E-state index contributed by atoms with van der Waals surface area (Å²) in [5.74, 6) is 2.72. The maximum atomic E-state index is 6.26. The van der Waals surface area contributed by atoms with Gasteiger partial charge in [-0.15, -0.1) is 0 Å². The third-order valence-corrected chi connectivity index (χ3v) is 5.67. The molecular weight excluding hydrogens is 338 g/mol. The summed E-state index contributed by atoms with van der Waals surface area (Å²) >= 11 is 0. The first kappa shape index (κ1) is 17.8. The maximum absolute atomic E-state index is 6.26. The van der Waals surface area contributed by atoms with Gasteiger partial charge < -0.3 is 19.6 Å². The quantitative estimate of drug-likeness (QED) is 0.571. The molecular formula is C21H27N5O. The number of nitrogens with two attached hydrogens (primary N) is 1. The summed E-state index contributed by atoms with van der Waals surface area (Å²) in [6.45, 7) is 4.23. The van der Waals surface area contributed by atoms with Crippen LogP contribution in [0.3, 0.4) is 0 Å². The van der Waals surface area contributed by atoms with Gasteiger partial charge in [0.2, 0.25) is 0 Å². The number of amidine groups is 1. The zero-order chi connectivity index (χ0) is 19.1. The molecule has 0 aliphatic carbocycles. The molecule has 0 saturated carbocycles. The third-order valence-electron chi connectivity index (χ3n) is 5.67. The Kier molecular flexibility index (Phi) is 4.52. The Hall–Kier alpha value is -2.60. The fourth-order valence-corrected chi connectivity index (χ4v) is 4.04. The van der Waals surface area contributed by atoms with E-state index in [0.29, 0.717) is 11.8 Å². The number of hydrogen-bond donors (Lipinski definition) is 1. The Morgan fingerprint density at radius 1 is 1.26 bits per heavy atom. The number of aliphatic imine (C=N–C) groups is 1. The molecule has 2 aromatic heterocycles. The average Bonchev–Trinajstić information content (AvgIpc) is 3.24. The molecule has 0 spiro atoms. The van der Waals surface area contributed by atoms with E-state index >= 15 is 0 Å². The summed E-state index contributed by atoms with van der Waals surface area (Å²) < 4.78 is 8.30. The molecule has 6 nitrogen and oxygen atoms in total. The summed E-state index contributed by atoms with van der Waals surface area (Å²) in [5, 5.41) is 1.08. The molecule has 4 rings (SSSR count). The van der Waals surface area contributed by atoms with Crippen molar-refractivity contribution >= 4 is 16.8 Å². The van der Waals surface area contributed by atoms with Crippen LogP contribution in [0, 0.1) is 6.92 Å². The van der Waals surface area contributed by atoms with Crippen molar-refractivity contribution in [2.45, 2.75) is 25.7 Å². The summed E-state index contributed by atoms with van der Waals surface area (Å²) in [6.07, 6.45) is 2.20. The van der Waals surface area contributed by atoms with E-state index in [2.05, 4.69) is 46.6 Å². The number of benzene rings is 1. The fourth-order valence-electron chi connectivity index (χ4n) is 4.04. The molecule has 1 aliphatic rings. The van der Waals surface area contributed by atoms with E-state index < -0.39 is 0 Å². The van der Waals surface area contributed by atoms with Crippen molar-refractivity contribution in [2.75, 3.05) is 27.2 Å². The van der Waals surface area contributed by atoms with Crippen LogP contribution in [0.15, 0.2) is 33.7 Å². The average molecular weight is 365 g/mol. The second-order valence-electron chi connectivity index (χ2n) is 7.52. The molecule has 1 aliphatic heterocycles. The van der Waals surface area contributed by atoms with Crippen LogP contribution in [-0.4, -0.2) is 47.5 Å². The molecule has 0 atom stereocenters. The van der Waals surface area contributed by atoms with Crippen molar-refractivity contribution in [3.8, 4) is 11.5 Å². The molecule has 1 aromatic carbocycles. The van der Waals surface area contributed by atoms with Crippen LogP contribution in [0.25, 0.3) is 22.4 Å². The molecule has 0 amide bonds. The van der Waals surface area contributed by atoms with E-state index in [-0.39, 0.29) is 0 Å². The number of furan rings is 1. The molecule has 142 valence electrons. The number of aryl methyl sites for hydroxylation is 1. The first-order chi connectivity index (χ1) is 13.0. The lowest BCUT2D eigenvalue weighted by Crippen LogP contribution is -2.30. The topological polar surface area (TPSA) is 72.6 Å². The highest BCUT2D eigenvalue weighted by Gasteiger charge is 2.28. The second-order valence-corrected chi connectivity index (χ2v) is 7.52. The minimum atomic E-state index is 0.425. The number of fused-ring (bicyclic) bond motifs is 1. The monoisotopic (exact) mass is 365 g/mol. The second kappa shape index (κ2) is 6.85. The molecule has 1 saturated heterocycles. The van der Waals surface area contributed by atoms with Gasteiger partial charge in [0.25, 0.3) is 0 Å². The number of imidazole rings is 1. The Morgan fingerprint density at radius 2 is 2.00 bits per heavy atom. The largest absolute Gasteiger partial charge is 0.454 e. The van der Waals surface area contributed by atoms with Gasteiger partial charge in [-0.25, -0.2) is 4.98 Å². The smallest absolute Gasteiger partial charge is 0.156 e. The SMILES string of the molecule is CN=C(N)c1c(-c2cc3cccc(C)c3o2)nc(C2CCN(C)CC2)n1C. The van der Waals surface area contributed by atoms with Gasteiger partial charge in [-0.2, -0.15) is 0 Å². The van der Waals surface area contributed by atoms with Crippen molar-refractivity contribution in [2.24, 2.45) is 17.8 Å². The number of likely N-dealkylation sites (tertiary alicyclic amines) is 1. The van der Waals surface area contributed by atoms with Crippen LogP contribution in [0.4, 0.5) is 0 Å². The lowest BCUT2D eigenvalue weighted by molar-refractivity contribution is 0.249. The van der Waals surface area contributed by atoms with Gasteiger partial charge in [-0.3, -0.25) is 4.99 Å². The van der Waals surface area contributed by atoms with E-state index in [9.17, 15) is 0 Å². The van der Waals surface area contributed by atoms with Crippen molar-refractivity contribution < 1.29 is 4.42 Å². The highest BCUT2D eigenvalue weighted by Crippen LogP contribution is 2.35. The first-order valence-electron chi connectivity index (χ1n) is 9.47. The first-order valence-corrected chi connectivity index (χ1v) is 9.47. The van der Waals surface area contributed by atoms with Gasteiger partial charge in [0.15, 0.2) is 5.76 Å². The molecule has 6 heteroatoms. The number of rotatable bonds is 3. The summed E-state index contributed by atoms with van der Waals surface area (Å²) in [5.41, 5.74) is 9.90. The minimum absolute atomic E-state index is 0.425. The molecule has 0 unspecified atom stereocenters. The van der Waals surface area contributed by atoms with Crippen LogP contribution in [0.5, 0.6) is 0 Å². The van der Waals surface area contributed by atoms with Crippen molar-refractivity contribution in [3.05, 3.63) is 41.3 Å². The maximum Gasteiger partial charge on any atom is 0.156 e. The Balaban J connectivity index is 1.85. The normalized spacial score (nSPS) is 17.1. The van der Waals surface area contributed by atoms with Gasteiger partial charge in [-0.05, 0) is 51.5 Å². The van der Waals surface area contributed by atoms with E-state index in [1.54, 1.807) is 7.05 Å². The lowest BCUT2D eigenvalue weighted by Gasteiger charge is -2.28. The van der Waals surface area contributed by atoms with Crippen LogP contribution in [-0.2, 0) is 7.05 Å². The number of aromatic nitrogens is 2. The predicted molar refractivity (Wildman–Crippen MR) is 109 cm³/mol. The summed E-state index contributed by atoms with van der Waals surface area (Å²) in [7, 11) is 5.92. The van der Waals surface area contributed by atoms with E-state index in [4.69, 9.17) is 15.1 Å². The molecule has 2 N–H and O–H groups in total. The van der Waals surface area contributed by atoms with E-state index in [1.807, 2.05) is 13.1 Å². The van der Waals surface area contributed by atoms with Crippen LogP contribution >= 0.6 is 0 Å². The van der Waals surface area contributed by atoms with Crippen molar-refractivity contribution in [3.63, 3.8) is 0 Å². The summed E-state index contributed by atoms with van der Waals surface area (Å²) in [4.78, 5) is 11.6. The van der Waals surface area contributed by atoms with Crippen molar-refractivity contribution in [1.82, 2.24) is 14.5 Å². The highest BCUT2D eigenvalue weighted by molar-refractivity contribution is 6.01. The van der Waals surface area contributed by atoms with Gasteiger partial charge in [0.05, 0.1) is 0 Å². The number of piperidine rings is 1. The van der Waals surface area contributed by atoms with Gasteiger partial charge in [0, 0.05) is 25.4 Å². The highest BCUT2D eigenvalue weighted by atomic mass is 16.3. The van der Waals surface area contributed by atoms with E-state index in [0.717, 1.165) is 65.4 Å². The molecule has 0 bridgehead atoms. The Labute approximate surface area is 159 Å². The Bertz CT molecular complexity index is 1010. The zero-order valence-electron chi connectivity index (χ0n) is 16.5. The number of nitrogens with zero attached hydrogens (tertiary/aromatic N) is 4. The fraction of sp³-hybridized carbons (Fsp3) is 0.429. The van der Waals surface area contributed by atoms with Crippen molar-refractivity contribution in [1.29, 1.82) is 0 Å². The number of para-hydroxylation sites is 1. The zero-order valence-corrected chi connectivity index (χ0v) is 16.5. The van der Waals surface area contributed by atoms with Gasteiger partial charge in [-0.1, -0.05) is 18.2 Å². The number of hydrogen-bond acceptors (Lipinski definition) is 4.